The van der Waals surface area contributed by atoms with Gasteiger partial charge < -0.3 is 5.73 Å². The summed E-state index contributed by atoms with van der Waals surface area (Å²) < 4.78 is 2.01. The standard InChI is InChI=1S/C14H19N3/c1-11-14(15)12(2)17(16-11)10-6-9-13-7-4-3-5-8-13/h3-5,7-8H,6,9-10,15H2,1-2H3. The lowest BCUT2D eigenvalue weighted by molar-refractivity contribution is 0.562. The molecule has 2 N–H and O–H groups in total. The van der Waals surface area contributed by atoms with Crippen molar-refractivity contribution in [2.24, 2.45) is 0 Å². The Balaban J connectivity index is 1.92. The van der Waals surface area contributed by atoms with E-state index in [2.05, 4.69) is 29.4 Å². The zero-order valence-corrected chi connectivity index (χ0v) is 10.5. The Hall–Kier alpha value is -1.77. The highest BCUT2D eigenvalue weighted by molar-refractivity contribution is 5.46. The third kappa shape index (κ3) is 2.67. The van der Waals surface area contributed by atoms with Crippen LogP contribution in [0, 0.1) is 13.8 Å². The number of rotatable bonds is 4. The van der Waals surface area contributed by atoms with Crippen LogP contribution in [0.25, 0.3) is 0 Å². The van der Waals surface area contributed by atoms with Gasteiger partial charge in [0.1, 0.15) is 0 Å². The first kappa shape index (κ1) is 11.7. The van der Waals surface area contributed by atoms with E-state index in [1.165, 1.54) is 5.56 Å². The van der Waals surface area contributed by atoms with Gasteiger partial charge in [-0.3, -0.25) is 4.68 Å². The Bertz CT molecular complexity index is 486. The average Bonchev–Trinajstić information content (AvgIpc) is 2.59. The van der Waals surface area contributed by atoms with Gasteiger partial charge in [-0.15, -0.1) is 0 Å². The molecule has 1 aromatic carbocycles. The van der Waals surface area contributed by atoms with Crippen molar-refractivity contribution in [2.75, 3.05) is 5.73 Å². The molecule has 0 radical (unpaired) electrons. The van der Waals surface area contributed by atoms with Gasteiger partial charge in [0.25, 0.3) is 0 Å². The molecule has 0 aliphatic rings. The topological polar surface area (TPSA) is 43.8 Å². The summed E-state index contributed by atoms with van der Waals surface area (Å²) in [6, 6.07) is 10.5. The predicted molar refractivity (Wildman–Crippen MR) is 70.9 cm³/mol. The molecule has 2 aromatic rings. The second kappa shape index (κ2) is 5.04. The van der Waals surface area contributed by atoms with Gasteiger partial charge >= 0.3 is 0 Å². The van der Waals surface area contributed by atoms with Crippen molar-refractivity contribution in [1.82, 2.24) is 9.78 Å². The number of nitrogen functional groups attached to an aromatic ring is 1. The minimum absolute atomic E-state index is 0.824. The number of hydrogen-bond acceptors (Lipinski definition) is 2. The summed E-state index contributed by atoms with van der Waals surface area (Å²) in [5.41, 5.74) is 10.1. The number of aryl methyl sites for hydroxylation is 3. The van der Waals surface area contributed by atoms with Gasteiger partial charge in [0.15, 0.2) is 0 Å². The van der Waals surface area contributed by atoms with Crippen molar-refractivity contribution in [3.63, 3.8) is 0 Å². The van der Waals surface area contributed by atoms with E-state index in [1.54, 1.807) is 0 Å². The number of benzene rings is 1. The molecule has 0 fully saturated rings. The molecular formula is C14H19N3. The SMILES string of the molecule is Cc1nn(CCCc2ccccc2)c(C)c1N. The van der Waals surface area contributed by atoms with Crippen molar-refractivity contribution < 1.29 is 0 Å². The summed E-state index contributed by atoms with van der Waals surface area (Å²) in [6.45, 7) is 4.91. The molecule has 3 nitrogen and oxygen atoms in total. The lowest BCUT2D eigenvalue weighted by Gasteiger charge is -2.04. The third-order valence-corrected chi connectivity index (χ3v) is 3.12. The molecule has 17 heavy (non-hydrogen) atoms. The Morgan fingerprint density at radius 3 is 2.47 bits per heavy atom. The van der Waals surface area contributed by atoms with Crippen LogP contribution in [0.4, 0.5) is 5.69 Å². The lowest BCUT2D eigenvalue weighted by Crippen LogP contribution is -2.04. The summed E-state index contributed by atoms with van der Waals surface area (Å²) in [6.07, 6.45) is 2.17. The second-order valence-electron chi connectivity index (χ2n) is 4.40. The van der Waals surface area contributed by atoms with Crippen LogP contribution in [0.3, 0.4) is 0 Å². The van der Waals surface area contributed by atoms with Gasteiger partial charge in [-0.05, 0) is 32.3 Å². The van der Waals surface area contributed by atoms with E-state index in [-0.39, 0.29) is 0 Å². The van der Waals surface area contributed by atoms with Crippen LogP contribution in [-0.2, 0) is 13.0 Å². The largest absolute Gasteiger partial charge is 0.396 e. The fraction of sp³-hybridized carbons (Fsp3) is 0.357. The van der Waals surface area contributed by atoms with Crippen LogP contribution in [0.2, 0.25) is 0 Å². The number of nitrogens with zero attached hydrogens (tertiary/aromatic N) is 2. The molecule has 1 heterocycles. The number of hydrogen-bond donors (Lipinski definition) is 1. The Kier molecular flexibility index (Phi) is 3.47. The minimum atomic E-state index is 0.824. The quantitative estimate of drug-likeness (QED) is 0.876. The van der Waals surface area contributed by atoms with Crippen LogP contribution >= 0.6 is 0 Å². The first-order valence-corrected chi connectivity index (χ1v) is 6.02. The van der Waals surface area contributed by atoms with Crippen LogP contribution in [0.5, 0.6) is 0 Å². The smallest absolute Gasteiger partial charge is 0.0825 e. The fourth-order valence-corrected chi connectivity index (χ4v) is 2.01. The number of nitrogens with two attached hydrogens (primary N) is 1. The molecule has 3 heteroatoms. The molecule has 2 rings (SSSR count). The van der Waals surface area contributed by atoms with Crippen LogP contribution in [0.1, 0.15) is 23.4 Å². The van der Waals surface area contributed by atoms with Gasteiger partial charge in [-0.1, -0.05) is 30.3 Å². The van der Waals surface area contributed by atoms with Gasteiger partial charge in [0, 0.05) is 6.54 Å². The first-order valence-electron chi connectivity index (χ1n) is 6.02. The maximum Gasteiger partial charge on any atom is 0.0825 e. The molecular weight excluding hydrogens is 210 g/mol. The van der Waals surface area contributed by atoms with Gasteiger partial charge in [-0.25, -0.2) is 0 Å². The van der Waals surface area contributed by atoms with Crippen LogP contribution in [-0.4, -0.2) is 9.78 Å². The molecule has 0 spiro atoms. The van der Waals surface area contributed by atoms with E-state index >= 15 is 0 Å². The van der Waals surface area contributed by atoms with Gasteiger partial charge in [0.2, 0.25) is 0 Å². The van der Waals surface area contributed by atoms with Crippen LogP contribution in [0.15, 0.2) is 30.3 Å². The summed E-state index contributed by atoms with van der Waals surface area (Å²) in [5, 5.41) is 4.43. The molecule has 0 amide bonds. The Labute approximate surface area is 102 Å². The zero-order valence-electron chi connectivity index (χ0n) is 10.5. The van der Waals surface area contributed by atoms with E-state index < -0.39 is 0 Å². The summed E-state index contributed by atoms with van der Waals surface area (Å²) >= 11 is 0. The lowest BCUT2D eigenvalue weighted by atomic mass is 10.1. The van der Waals surface area contributed by atoms with Crippen molar-refractivity contribution >= 4 is 5.69 Å². The Morgan fingerprint density at radius 2 is 1.88 bits per heavy atom. The maximum atomic E-state index is 5.90. The third-order valence-electron chi connectivity index (χ3n) is 3.12. The fourth-order valence-electron chi connectivity index (χ4n) is 2.01. The highest BCUT2D eigenvalue weighted by Crippen LogP contribution is 2.15. The highest BCUT2D eigenvalue weighted by atomic mass is 15.3. The molecule has 0 unspecified atom stereocenters. The van der Waals surface area contributed by atoms with Crippen molar-refractivity contribution in [1.29, 1.82) is 0 Å². The molecule has 90 valence electrons. The van der Waals surface area contributed by atoms with Gasteiger partial charge in [-0.2, -0.15) is 5.10 Å². The molecule has 0 atom stereocenters. The normalized spacial score (nSPS) is 10.7. The monoisotopic (exact) mass is 229 g/mol. The average molecular weight is 229 g/mol. The van der Waals surface area contributed by atoms with Crippen molar-refractivity contribution in [2.45, 2.75) is 33.2 Å². The van der Waals surface area contributed by atoms with E-state index in [9.17, 15) is 0 Å². The van der Waals surface area contributed by atoms with E-state index in [0.717, 1.165) is 36.5 Å². The summed E-state index contributed by atoms with van der Waals surface area (Å²) in [4.78, 5) is 0. The first-order chi connectivity index (χ1) is 8.18. The summed E-state index contributed by atoms with van der Waals surface area (Å²) in [7, 11) is 0. The number of anilines is 1. The van der Waals surface area contributed by atoms with Crippen molar-refractivity contribution in [3.05, 3.63) is 47.3 Å². The van der Waals surface area contributed by atoms with E-state index in [4.69, 9.17) is 5.73 Å². The van der Waals surface area contributed by atoms with Crippen molar-refractivity contribution in [3.8, 4) is 0 Å². The molecule has 0 saturated heterocycles. The molecule has 1 aromatic heterocycles. The molecule has 0 bridgehead atoms. The highest BCUT2D eigenvalue weighted by Gasteiger charge is 2.07. The van der Waals surface area contributed by atoms with Crippen LogP contribution < -0.4 is 5.73 Å². The van der Waals surface area contributed by atoms with E-state index in [0.29, 0.717) is 0 Å². The zero-order chi connectivity index (χ0) is 12.3. The van der Waals surface area contributed by atoms with E-state index in [1.807, 2.05) is 24.6 Å². The summed E-state index contributed by atoms with van der Waals surface area (Å²) in [5.74, 6) is 0. The molecule has 0 aliphatic carbocycles. The predicted octanol–water partition coefficient (Wildman–Crippen LogP) is 2.71. The Morgan fingerprint density at radius 1 is 1.18 bits per heavy atom. The maximum absolute atomic E-state index is 5.90. The minimum Gasteiger partial charge on any atom is -0.396 e. The second-order valence-corrected chi connectivity index (χ2v) is 4.40. The number of aromatic nitrogens is 2. The molecule has 0 saturated carbocycles. The van der Waals surface area contributed by atoms with Gasteiger partial charge in [0.05, 0.1) is 17.1 Å². The molecule has 0 aliphatic heterocycles.